The van der Waals surface area contributed by atoms with Crippen LogP contribution in [0.25, 0.3) is 0 Å². The van der Waals surface area contributed by atoms with Crippen molar-refractivity contribution in [2.45, 2.75) is 44.4 Å². The number of likely N-dealkylation sites (tertiary alicyclic amines) is 1. The zero-order valence-corrected chi connectivity index (χ0v) is 15.9. The fourth-order valence-electron chi connectivity index (χ4n) is 2.79. The second kappa shape index (κ2) is 8.06. The molecule has 1 heterocycles. The fourth-order valence-corrected chi connectivity index (χ4v) is 3.52. The lowest BCUT2D eigenvalue weighted by molar-refractivity contribution is -0.127. The van der Waals surface area contributed by atoms with Gasteiger partial charge in [0.2, 0.25) is 11.8 Å². The lowest BCUT2D eigenvalue weighted by Gasteiger charge is -2.19. The van der Waals surface area contributed by atoms with Gasteiger partial charge in [-0.2, -0.15) is 0 Å². The third kappa shape index (κ3) is 5.55. The highest BCUT2D eigenvalue weighted by molar-refractivity contribution is 8.00. The molecule has 24 heavy (non-hydrogen) atoms. The summed E-state index contributed by atoms with van der Waals surface area (Å²) in [4.78, 5) is 26.3. The monoisotopic (exact) mass is 348 g/mol. The summed E-state index contributed by atoms with van der Waals surface area (Å²) < 4.78 is 0. The molecule has 1 atom stereocenters. The summed E-state index contributed by atoms with van der Waals surface area (Å²) in [7, 11) is 0. The number of rotatable bonds is 5. The standard InChI is InChI=1S/C19H28N2O2S/c1-14(22)21-10-9-15(12-21)11-20-18(23)13-24-17-7-5-16(6-8-17)19(2,3)4/h5-8,15H,9-13H2,1-4H3,(H,20,23). The minimum Gasteiger partial charge on any atom is -0.355 e. The third-order valence-electron chi connectivity index (χ3n) is 4.41. The van der Waals surface area contributed by atoms with Crippen LogP contribution in [0, 0.1) is 5.92 Å². The maximum absolute atomic E-state index is 12.0. The molecule has 1 fully saturated rings. The van der Waals surface area contributed by atoms with E-state index in [1.54, 1.807) is 18.7 Å². The van der Waals surface area contributed by atoms with Crippen molar-refractivity contribution in [2.24, 2.45) is 5.92 Å². The van der Waals surface area contributed by atoms with Crippen molar-refractivity contribution in [2.75, 3.05) is 25.4 Å². The van der Waals surface area contributed by atoms with Crippen molar-refractivity contribution in [3.05, 3.63) is 29.8 Å². The first-order chi connectivity index (χ1) is 11.3. The molecule has 2 amide bonds. The zero-order valence-electron chi connectivity index (χ0n) is 15.1. The average Bonchev–Trinajstić information content (AvgIpc) is 3.00. The number of carbonyl (C=O) groups excluding carboxylic acids is 2. The summed E-state index contributed by atoms with van der Waals surface area (Å²) >= 11 is 1.56. The molecule has 5 heteroatoms. The number of nitrogens with zero attached hydrogens (tertiary/aromatic N) is 1. The van der Waals surface area contributed by atoms with Crippen molar-refractivity contribution >= 4 is 23.6 Å². The lowest BCUT2D eigenvalue weighted by Crippen LogP contribution is -2.33. The molecule has 1 aromatic rings. The van der Waals surface area contributed by atoms with Gasteiger partial charge in [-0.15, -0.1) is 11.8 Å². The first kappa shape index (κ1) is 18.8. The number of hydrogen-bond acceptors (Lipinski definition) is 3. The van der Waals surface area contributed by atoms with Crippen LogP contribution in [0.1, 0.15) is 39.7 Å². The summed E-state index contributed by atoms with van der Waals surface area (Å²) in [6.45, 7) is 10.4. The Labute approximate surface area is 149 Å². The summed E-state index contributed by atoms with van der Waals surface area (Å²) in [5.74, 6) is 0.992. The first-order valence-electron chi connectivity index (χ1n) is 8.51. The SMILES string of the molecule is CC(=O)N1CCC(CNC(=O)CSc2ccc(C(C)(C)C)cc2)C1. The largest absolute Gasteiger partial charge is 0.355 e. The Morgan fingerprint density at radius 2 is 1.92 bits per heavy atom. The van der Waals surface area contributed by atoms with Gasteiger partial charge in [-0.1, -0.05) is 32.9 Å². The van der Waals surface area contributed by atoms with E-state index in [1.165, 1.54) is 5.56 Å². The maximum atomic E-state index is 12.0. The van der Waals surface area contributed by atoms with Gasteiger partial charge in [0.05, 0.1) is 5.75 Å². The number of thioether (sulfide) groups is 1. The molecule has 1 aliphatic heterocycles. The third-order valence-corrected chi connectivity index (χ3v) is 5.42. The molecular weight excluding hydrogens is 320 g/mol. The molecule has 1 N–H and O–H groups in total. The van der Waals surface area contributed by atoms with E-state index >= 15 is 0 Å². The Balaban J connectivity index is 1.71. The van der Waals surface area contributed by atoms with Crippen molar-refractivity contribution in [1.29, 1.82) is 0 Å². The Kier molecular flexibility index (Phi) is 6.33. The second-order valence-corrected chi connectivity index (χ2v) is 8.54. The molecular formula is C19H28N2O2S. The first-order valence-corrected chi connectivity index (χ1v) is 9.50. The Morgan fingerprint density at radius 3 is 2.46 bits per heavy atom. The number of nitrogens with one attached hydrogen (secondary N) is 1. The Bertz CT molecular complexity index is 578. The second-order valence-electron chi connectivity index (χ2n) is 7.49. The molecule has 1 aromatic carbocycles. The molecule has 0 aliphatic carbocycles. The number of amides is 2. The molecule has 0 aromatic heterocycles. The molecule has 0 bridgehead atoms. The van der Waals surface area contributed by atoms with Gasteiger partial charge in [0.15, 0.2) is 0 Å². The lowest BCUT2D eigenvalue weighted by atomic mass is 9.87. The van der Waals surface area contributed by atoms with E-state index in [1.807, 2.05) is 4.90 Å². The maximum Gasteiger partial charge on any atom is 0.230 e. The van der Waals surface area contributed by atoms with Crippen LogP contribution in [0.15, 0.2) is 29.2 Å². The van der Waals surface area contributed by atoms with Gasteiger partial charge in [-0.25, -0.2) is 0 Å². The minimum atomic E-state index is 0.0566. The summed E-state index contributed by atoms with van der Waals surface area (Å²) in [6, 6.07) is 8.44. The summed E-state index contributed by atoms with van der Waals surface area (Å²) in [5.41, 5.74) is 1.45. The summed E-state index contributed by atoms with van der Waals surface area (Å²) in [6.07, 6.45) is 0.973. The van der Waals surface area contributed by atoms with Gasteiger partial charge in [-0.05, 0) is 35.4 Å². The van der Waals surface area contributed by atoms with E-state index in [-0.39, 0.29) is 17.2 Å². The van der Waals surface area contributed by atoms with Crippen molar-refractivity contribution in [3.63, 3.8) is 0 Å². The average molecular weight is 349 g/mol. The van der Waals surface area contributed by atoms with Crippen LogP contribution in [-0.2, 0) is 15.0 Å². The predicted molar refractivity (Wildman–Crippen MR) is 99.2 cm³/mol. The van der Waals surface area contributed by atoms with Gasteiger partial charge in [0, 0.05) is 31.5 Å². The smallest absolute Gasteiger partial charge is 0.230 e. The van der Waals surface area contributed by atoms with Crippen molar-refractivity contribution < 1.29 is 9.59 Å². The zero-order chi connectivity index (χ0) is 17.7. The molecule has 0 spiro atoms. The molecule has 4 nitrogen and oxygen atoms in total. The summed E-state index contributed by atoms with van der Waals surface area (Å²) in [5, 5.41) is 2.99. The highest BCUT2D eigenvalue weighted by Gasteiger charge is 2.24. The van der Waals surface area contributed by atoms with Crippen LogP contribution in [0.3, 0.4) is 0 Å². The normalized spacial score (nSPS) is 17.8. The van der Waals surface area contributed by atoms with Crippen molar-refractivity contribution in [3.8, 4) is 0 Å². The number of benzene rings is 1. The number of hydrogen-bond donors (Lipinski definition) is 1. The van der Waals surface area contributed by atoms with Crippen LogP contribution < -0.4 is 5.32 Å². The highest BCUT2D eigenvalue weighted by Crippen LogP contribution is 2.25. The van der Waals surface area contributed by atoms with Gasteiger partial charge in [0.25, 0.3) is 0 Å². The van der Waals surface area contributed by atoms with E-state index in [0.29, 0.717) is 18.2 Å². The van der Waals surface area contributed by atoms with Gasteiger partial charge >= 0.3 is 0 Å². The topological polar surface area (TPSA) is 49.4 Å². The molecule has 2 rings (SSSR count). The molecule has 0 radical (unpaired) electrons. The van der Waals surface area contributed by atoms with Crippen LogP contribution in [0.2, 0.25) is 0 Å². The Hall–Kier alpha value is -1.49. The van der Waals surface area contributed by atoms with Crippen LogP contribution >= 0.6 is 11.8 Å². The molecule has 132 valence electrons. The molecule has 1 unspecified atom stereocenters. The predicted octanol–water partition coefficient (Wildman–Crippen LogP) is 3.06. The van der Waals surface area contributed by atoms with E-state index in [9.17, 15) is 9.59 Å². The van der Waals surface area contributed by atoms with Crippen LogP contribution in [0.4, 0.5) is 0 Å². The van der Waals surface area contributed by atoms with E-state index in [2.05, 4.69) is 50.4 Å². The highest BCUT2D eigenvalue weighted by atomic mass is 32.2. The molecule has 0 saturated carbocycles. The van der Waals surface area contributed by atoms with Gasteiger partial charge in [-0.3, -0.25) is 9.59 Å². The van der Waals surface area contributed by atoms with Crippen molar-refractivity contribution in [1.82, 2.24) is 10.2 Å². The van der Waals surface area contributed by atoms with E-state index in [0.717, 1.165) is 24.4 Å². The fraction of sp³-hybridized carbons (Fsp3) is 0.579. The molecule has 1 aliphatic rings. The number of carbonyl (C=O) groups is 2. The van der Waals surface area contributed by atoms with Crippen LogP contribution in [0.5, 0.6) is 0 Å². The Morgan fingerprint density at radius 1 is 1.25 bits per heavy atom. The quantitative estimate of drug-likeness (QED) is 0.832. The van der Waals surface area contributed by atoms with Gasteiger partial charge < -0.3 is 10.2 Å². The minimum absolute atomic E-state index is 0.0566. The van der Waals surface area contributed by atoms with Gasteiger partial charge in [0.1, 0.15) is 0 Å². The van der Waals surface area contributed by atoms with Crippen LogP contribution in [-0.4, -0.2) is 42.1 Å². The molecule has 1 saturated heterocycles. The van der Waals surface area contributed by atoms with E-state index < -0.39 is 0 Å². The van der Waals surface area contributed by atoms with E-state index in [4.69, 9.17) is 0 Å².